The van der Waals surface area contributed by atoms with Crippen LogP contribution < -0.4 is 16.4 Å². The lowest BCUT2D eigenvalue weighted by atomic mass is 10.1. The van der Waals surface area contributed by atoms with Crippen molar-refractivity contribution in [1.29, 1.82) is 0 Å². The SMILES string of the molecule is CCNC(=O)c1ccc(NC(=O)C(N)COC)c(C)c1.Cl. The lowest BCUT2D eigenvalue weighted by molar-refractivity contribution is -0.118. The third kappa shape index (κ3) is 5.71. The summed E-state index contributed by atoms with van der Waals surface area (Å²) >= 11 is 0. The van der Waals surface area contributed by atoms with Crippen LogP contribution in [-0.4, -0.2) is 38.1 Å². The highest BCUT2D eigenvalue weighted by molar-refractivity contribution is 5.98. The second-order valence-corrected chi connectivity index (χ2v) is 4.44. The normalized spacial score (nSPS) is 11.2. The van der Waals surface area contributed by atoms with Gasteiger partial charge in [0.15, 0.2) is 0 Å². The molecule has 1 atom stereocenters. The van der Waals surface area contributed by atoms with Crippen LogP contribution in [0.2, 0.25) is 0 Å². The van der Waals surface area contributed by atoms with Crippen molar-refractivity contribution in [3.8, 4) is 0 Å². The molecule has 118 valence electrons. The van der Waals surface area contributed by atoms with Gasteiger partial charge in [-0.05, 0) is 37.6 Å². The molecular weight excluding hydrogens is 294 g/mol. The minimum absolute atomic E-state index is 0. The van der Waals surface area contributed by atoms with Crippen molar-refractivity contribution in [3.63, 3.8) is 0 Å². The van der Waals surface area contributed by atoms with E-state index in [2.05, 4.69) is 10.6 Å². The van der Waals surface area contributed by atoms with Gasteiger partial charge in [-0.15, -0.1) is 12.4 Å². The number of hydrogen-bond acceptors (Lipinski definition) is 4. The van der Waals surface area contributed by atoms with Crippen LogP contribution in [-0.2, 0) is 9.53 Å². The monoisotopic (exact) mass is 315 g/mol. The number of nitrogens with two attached hydrogens (primary N) is 1. The Bertz CT molecular complexity index is 494. The number of halogens is 1. The van der Waals surface area contributed by atoms with E-state index < -0.39 is 6.04 Å². The molecule has 7 heteroatoms. The summed E-state index contributed by atoms with van der Waals surface area (Å²) in [6, 6.07) is 4.36. The van der Waals surface area contributed by atoms with Gasteiger partial charge in [0.05, 0.1) is 6.61 Å². The van der Waals surface area contributed by atoms with Crippen molar-refractivity contribution in [2.45, 2.75) is 19.9 Å². The molecular formula is C14H22ClN3O3. The number of benzene rings is 1. The number of methoxy groups -OCH3 is 1. The molecule has 0 aromatic heterocycles. The van der Waals surface area contributed by atoms with E-state index in [-0.39, 0.29) is 30.8 Å². The Hall–Kier alpha value is -1.63. The first kappa shape index (κ1) is 19.4. The van der Waals surface area contributed by atoms with E-state index in [1.54, 1.807) is 18.2 Å². The van der Waals surface area contributed by atoms with E-state index in [1.165, 1.54) is 7.11 Å². The number of aryl methyl sites for hydroxylation is 1. The molecule has 21 heavy (non-hydrogen) atoms. The molecule has 1 aromatic rings. The third-order valence-corrected chi connectivity index (χ3v) is 2.77. The Morgan fingerprint density at radius 2 is 2.05 bits per heavy atom. The van der Waals surface area contributed by atoms with Gasteiger partial charge in [-0.2, -0.15) is 0 Å². The molecule has 6 nitrogen and oxygen atoms in total. The summed E-state index contributed by atoms with van der Waals surface area (Å²) in [7, 11) is 1.49. The molecule has 1 unspecified atom stereocenters. The van der Waals surface area contributed by atoms with Crippen LogP contribution in [0.5, 0.6) is 0 Å². The summed E-state index contributed by atoms with van der Waals surface area (Å²) in [5.41, 5.74) is 7.63. The predicted molar refractivity (Wildman–Crippen MR) is 84.9 cm³/mol. The molecule has 0 aliphatic carbocycles. The summed E-state index contributed by atoms with van der Waals surface area (Å²) in [6.07, 6.45) is 0. The number of carbonyl (C=O) groups is 2. The fourth-order valence-electron chi connectivity index (χ4n) is 1.69. The molecule has 0 aliphatic heterocycles. The first-order valence-electron chi connectivity index (χ1n) is 6.43. The zero-order valence-corrected chi connectivity index (χ0v) is 13.3. The number of carbonyl (C=O) groups excluding carboxylic acids is 2. The molecule has 0 bridgehead atoms. The van der Waals surface area contributed by atoms with Crippen LogP contribution in [0, 0.1) is 6.92 Å². The highest BCUT2D eigenvalue weighted by atomic mass is 35.5. The van der Waals surface area contributed by atoms with Crippen LogP contribution in [0.3, 0.4) is 0 Å². The molecule has 0 spiro atoms. The Labute approximate surface area is 130 Å². The van der Waals surface area contributed by atoms with Gasteiger partial charge in [0, 0.05) is 24.9 Å². The van der Waals surface area contributed by atoms with E-state index >= 15 is 0 Å². The summed E-state index contributed by atoms with van der Waals surface area (Å²) in [6.45, 7) is 4.40. The second kappa shape index (κ2) is 9.33. The standard InChI is InChI=1S/C14H21N3O3.ClH/c1-4-16-13(18)10-5-6-12(9(2)7-10)17-14(19)11(15)8-20-3;/h5-7,11H,4,8,15H2,1-3H3,(H,16,18)(H,17,19);1H. The molecule has 0 aliphatic rings. The van der Waals surface area contributed by atoms with Gasteiger partial charge in [-0.3, -0.25) is 9.59 Å². The van der Waals surface area contributed by atoms with Gasteiger partial charge in [0.25, 0.3) is 5.91 Å². The Morgan fingerprint density at radius 1 is 1.38 bits per heavy atom. The Kier molecular flexibility index (Phi) is 8.61. The number of anilines is 1. The van der Waals surface area contributed by atoms with Gasteiger partial charge in [0.2, 0.25) is 5.91 Å². The molecule has 0 fully saturated rings. The van der Waals surface area contributed by atoms with Gasteiger partial charge in [-0.25, -0.2) is 0 Å². The fraction of sp³-hybridized carbons (Fsp3) is 0.429. The Morgan fingerprint density at radius 3 is 2.57 bits per heavy atom. The molecule has 2 amide bonds. The molecule has 0 saturated heterocycles. The maximum Gasteiger partial charge on any atom is 0.251 e. The molecule has 4 N–H and O–H groups in total. The smallest absolute Gasteiger partial charge is 0.251 e. The van der Waals surface area contributed by atoms with Crippen molar-refractivity contribution >= 4 is 29.9 Å². The largest absolute Gasteiger partial charge is 0.383 e. The summed E-state index contributed by atoms with van der Waals surface area (Å²) in [5, 5.41) is 5.44. The number of rotatable bonds is 6. The second-order valence-electron chi connectivity index (χ2n) is 4.44. The molecule has 1 rings (SSSR count). The van der Waals surface area contributed by atoms with E-state index in [9.17, 15) is 9.59 Å². The van der Waals surface area contributed by atoms with E-state index in [0.717, 1.165) is 5.56 Å². The Balaban J connectivity index is 0.00000400. The van der Waals surface area contributed by atoms with Gasteiger partial charge < -0.3 is 21.1 Å². The van der Waals surface area contributed by atoms with Crippen molar-refractivity contribution in [1.82, 2.24) is 5.32 Å². The number of hydrogen-bond donors (Lipinski definition) is 3. The molecule has 1 aromatic carbocycles. The average molecular weight is 316 g/mol. The number of amides is 2. The highest BCUT2D eigenvalue weighted by Gasteiger charge is 2.14. The number of nitrogens with one attached hydrogen (secondary N) is 2. The van der Waals surface area contributed by atoms with E-state index in [4.69, 9.17) is 10.5 Å². The van der Waals surface area contributed by atoms with Gasteiger partial charge in [0.1, 0.15) is 6.04 Å². The molecule has 0 heterocycles. The van der Waals surface area contributed by atoms with Crippen LogP contribution in [0.15, 0.2) is 18.2 Å². The van der Waals surface area contributed by atoms with Crippen molar-refractivity contribution in [2.75, 3.05) is 25.6 Å². The van der Waals surface area contributed by atoms with Crippen LogP contribution in [0.25, 0.3) is 0 Å². The van der Waals surface area contributed by atoms with Gasteiger partial charge in [-0.1, -0.05) is 0 Å². The fourth-order valence-corrected chi connectivity index (χ4v) is 1.69. The van der Waals surface area contributed by atoms with Crippen molar-refractivity contribution in [2.24, 2.45) is 5.73 Å². The first-order chi connectivity index (χ1) is 9.49. The topological polar surface area (TPSA) is 93.5 Å². The van der Waals surface area contributed by atoms with Crippen molar-refractivity contribution in [3.05, 3.63) is 29.3 Å². The van der Waals surface area contributed by atoms with Crippen molar-refractivity contribution < 1.29 is 14.3 Å². The quantitative estimate of drug-likeness (QED) is 0.732. The highest BCUT2D eigenvalue weighted by Crippen LogP contribution is 2.16. The molecule has 0 saturated carbocycles. The summed E-state index contributed by atoms with van der Waals surface area (Å²) in [5.74, 6) is -0.453. The van der Waals surface area contributed by atoms with Crippen LogP contribution >= 0.6 is 12.4 Å². The van der Waals surface area contributed by atoms with Crippen LogP contribution in [0.4, 0.5) is 5.69 Å². The predicted octanol–water partition coefficient (Wildman–Crippen LogP) is 1.08. The maximum atomic E-state index is 11.8. The number of ether oxygens (including phenoxy) is 1. The lowest BCUT2D eigenvalue weighted by Crippen LogP contribution is -2.39. The zero-order valence-electron chi connectivity index (χ0n) is 12.4. The van der Waals surface area contributed by atoms with Crippen LogP contribution in [0.1, 0.15) is 22.8 Å². The lowest BCUT2D eigenvalue weighted by Gasteiger charge is -2.13. The summed E-state index contributed by atoms with van der Waals surface area (Å²) < 4.78 is 4.83. The van der Waals surface area contributed by atoms with Gasteiger partial charge >= 0.3 is 0 Å². The minimum atomic E-state index is -0.720. The van der Waals surface area contributed by atoms with E-state index in [1.807, 2.05) is 13.8 Å². The average Bonchev–Trinajstić information content (AvgIpc) is 2.41. The maximum absolute atomic E-state index is 11.8. The molecule has 0 radical (unpaired) electrons. The first-order valence-corrected chi connectivity index (χ1v) is 6.43. The minimum Gasteiger partial charge on any atom is -0.383 e. The zero-order chi connectivity index (χ0) is 15.1. The summed E-state index contributed by atoms with van der Waals surface area (Å²) in [4.78, 5) is 23.5. The third-order valence-electron chi connectivity index (χ3n) is 2.77. The van der Waals surface area contributed by atoms with E-state index in [0.29, 0.717) is 17.8 Å².